The maximum atomic E-state index is 13.2. The maximum Gasteiger partial charge on any atom is 0.416 e. The number of hydrogen-bond acceptors (Lipinski definition) is 8. The van der Waals surface area contributed by atoms with Crippen LogP contribution in [0.1, 0.15) is 62.0 Å². The lowest BCUT2D eigenvalue weighted by atomic mass is 10.0. The van der Waals surface area contributed by atoms with E-state index in [1.807, 2.05) is 13.8 Å². The van der Waals surface area contributed by atoms with Gasteiger partial charge < -0.3 is 19.3 Å². The van der Waals surface area contributed by atoms with Crippen molar-refractivity contribution in [3.8, 4) is 23.0 Å². The van der Waals surface area contributed by atoms with Crippen LogP contribution in [-0.2, 0) is 11.0 Å². The minimum absolute atomic E-state index is 0.00205. The number of carbonyl (C=O) groups is 2. The van der Waals surface area contributed by atoms with E-state index in [2.05, 4.69) is 20.4 Å². The van der Waals surface area contributed by atoms with Crippen LogP contribution >= 0.6 is 0 Å². The van der Waals surface area contributed by atoms with Gasteiger partial charge in [0.05, 0.1) is 24.6 Å². The van der Waals surface area contributed by atoms with Gasteiger partial charge in [-0.05, 0) is 36.6 Å². The molecular formula is C25H27F3N4O5. The number of ether oxygens (including phenoxy) is 2. The SMILES string of the molecule is COc1ccnc(C(=O)N[C@@H](CC(C)C)c2noc(-c3ccc(C(F)(F)F)cc3)n2)c1OC(=O)C(C)C. The van der Waals surface area contributed by atoms with E-state index in [1.165, 1.54) is 31.5 Å². The first-order chi connectivity index (χ1) is 17.4. The van der Waals surface area contributed by atoms with Gasteiger partial charge in [-0.1, -0.05) is 32.9 Å². The number of carbonyl (C=O) groups excluding carboxylic acids is 2. The Labute approximate surface area is 211 Å². The Balaban J connectivity index is 1.89. The van der Waals surface area contributed by atoms with Crippen molar-refractivity contribution >= 4 is 11.9 Å². The van der Waals surface area contributed by atoms with Crippen LogP contribution in [0.3, 0.4) is 0 Å². The van der Waals surface area contributed by atoms with Crippen molar-refractivity contribution in [2.24, 2.45) is 11.8 Å². The van der Waals surface area contributed by atoms with Crippen LogP contribution in [-0.4, -0.2) is 34.1 Å². The summed E-state index contributed by atoms with van der Waals surface area (Å²) in [6.07, 6.45) is -2.72. The van der Waals surface area contributed by atoms with Gasteiger partial charge in [-0.3, -0.25) is 9.59 Å². The van der Waals surface area contributed by atoms with Crippen molar-refractivity contribution < 1.29 is 36.8 Å². The fourth-order valence-electron chi connectivity index (χ4n) is 3.29. The topological polar surface area (TPSA) is 116 Å². The second-order valence-corrected chi connectivity index (χ2v) is 8.96. The molecule has 1 amide bonds. The number of nitrogens with one attached hydrogen (secondary N) is 1. The fraction of sp³-hybridized carbons (Fsp3) is 0.400. The molecule has 9 nitrogen and oxygen atoms in total. The first-order valence-electron chi connectivity index (χ1n) is 11.5. The molecule has 12 heteroatoms. The molecule has 0 aliphatic carbocycles. The molecule has 0 fully saturated rings. The summed E-state index contributed by atoms with van der Waals surface area (Å²) in [7, 11) is 1.37. The van der Waals surface area contributed by atoms with Crippen LogP contribution in [0, 0.1) is 11.8 Å². The van der Waals surface area contributed by atoms with Gasteiger partial charge in [-0.25, -0.2) is 4.98 Å². The highest BCUT2D eigenvalue weighted by molar-refractivity contribution is 5.97. The summed E-state index contributed by atoms with van der Waals surface area (Å²) in [5.41, 5.74) is -0.687. The monoisotopic (exact) mass is 520 g/mol. The van der Waals surface area contributed by atoms with Gasteiger partial charge in [0.25, 0.3) is 11.8 Å². The smallest absolute Gasteiger partial charge is 0.416 e. The van der Waals surface area contributed by atoms with Crippen LogP contribution in [0.4, 0.5) is 13.2 Å². The fourth-order valence-corrected chi connectivity index (χ4v) is 3.29. The van der Waals surface area contributed by atoms with Crippen LogP contribution < -0.4 is 14.8 Å². The molecule has 0 unspecified atom stereocenters. The van der Waals surface area contributed by atoms with E-state index in [4.69, 9.17) is 14.0 Å². The molecule has 0 aliphatic rings. The molecule has 2 heterocycles. The molecule has 0 saturated carbocycles. The number of rotatable bonds is 9. The second kappa shape index (κ2) is 11.4. The lowest BCUT2D eigenvalue weighted by Gasteiger charge is -2.19. The van der Waals surface area contributed by atoms with Crippen LogP contribution in [0.15, 0.2) is 41.1 Å². The summed E-state index contributed by atoms with van der Waals surface area (Å²) in [6.45, 7) is 7.15. The third-order valence-corrected chi connectivity index (χ3v) is 5.20. The molecule has 198 valence electrons. The number of aromatic nitrogens is 3. The molecule has 0 bridgehead atoms. The summed E-state index contributed by atoms with van der Waals surface area (Å²) in [5.74, 6) is -1.46. The number of alkyl halides is 3. The summed E-state index contributed by atoms with van der Waals surface area (Å²) < 4.78 is 54.5. The highest BCUT2D eigenvalue weighted by atomic mass is 19.4. The first kappa shape index (κ1) is 27.6. The van der Waals surface area contributed by atoms with Crippen molar-refractivity contribution in [2.45, 2.75) is 46.3 Å². The molecule has 1 aromatic carbocycles. The predicted molar refractivity (Wildman–Crippen MR) is 126 cm³/mol. The summed E-state index contributed by atoms with van der Waals surface area (Å²) in [4.78, 5) is 33.8. The number of amides is 1. The van der Waals surface area contributed by atoms with Gasteiger partial charge in [0.1, 0.15) is 0 Å². The van der Waals surface area contributed by atoms with Gasteiger partial charge in [0, 0.05) is 17.8 Å². The van der Waals surface area contributed by atoms with Crippen molar-refractivity contribution in [2.75, 3.05) is 7.11 Å². The van der Waals surface area contributed by atoms with Crippen molar-refractivity contribution in [3.63, 3.8) is 0 Å². The molecular weight excluding hydrogens is 493 g/mol. The average Bonchev–Trinajstić information content (AvgIpc) is 3.33. The number of nitrogens with zero attached hydrogens (tertiary/aromatic N) is 3. The van der Waals surface area contributed by atoms with Crippen molar-refractivity contribution in [1.29, 1.82) is 0 Å². The molecule has 2 aromatic heterocycles. The zero-order valence-corrected chi connectivity index (χ0v) is 20.9. The zero-order chi connectivity index (χ0) is 27.3. The summed E-state index contributed by atoms with van der Waals surface area (Å²) in [5, 5.41) is 6.72. The molecule has 0 radical (unpaired) electrons. The Morgan fingerprint density at radius 2 is 1.76 bits per heavy atom. The van der Waals surface area contributed by atoms with E-state index in [0.29, 0.717) is 12.0 Å². The highest BCUT2D eigenvalue weighted by Crippen LogP contribution is 2.33. The Bertz CT molecular complexity index is 1240. The summed E-state index contributed by atoms with van der Waals surface area (Å²) >= 11 is 0. The minimum Gasteiger partial charge on any atom is -0.493 e. The third kappa shape index (κ3) is 6.83. The quantitative estimate of drug-likeness (QED) is 0.381. The van der Waals surface area contributed by atoms with Gasteiger partial charge in [-0.15, -0.1) is 0 Å². The number of benzene rings is 1. The normalized spacial score (nSPS) is 12.5. The zero-order valence-electron chi connectivity index (χ0n) is 20.9. The predicted octanol–water partition coefficient (Wildman–Crippen LogP) is 5.24. The van der Waals surface area contributed by atoms with E-state index in [0.717, 1.165) is 12.1 Å². The number of methoxy groups -OCH3 is 1. The van der Waals surface area contributed by atoms with Gasteiger partial charge in [-0.2, -0.15) is 18.2 Å². The van der Waals surface area contributed by atoms with E-state index in [1.54, 1.807) is 13.8 Å². The van der Waals surface area contributed by atoms with Gasteiger partial charge in [0.15, 0.2) is 17.3 Å². The van der Waals surface area contributed by atoms with E-state index < -0.39 is 35.6 Å². The molecule has 3 rings (SSSR count). The van der Waals surface area contributed by atoms with Crippen LogP contribution in [0.2, 0.25) is 0 Å². The standard InChI is InChI=1S/C25H27F3N4O5/c1-13(2)12-17(21-31-23(37-32-21)15-6-8-16(9-7-15)25(26,27)28)30-22(33)19-20(36-24(34)14(3)4)18(35-5)10-11-29-19/h6-11,13-14,17H,12H2,1-5H3,(H,30,33)/t17-/m0/s1. The molecule has 0 aliphatic heterocycles. The minimum atomic E-state index is -4.47. The van der Waals surface area contributed by atoms with E-state index >= 15 is 0 Å². The second-order valence-electron chi connectivity index (χ2n) is 8.96. The molecule has 0 spiro atoms. The van der Waals surface area contributed by atoms with Crippen LogP contribution in [0.5, 0.6) is 11.5 Å². The Morgan fingerprint density at radius 3 is 2.32 bits per heavy atom. The Morgan fingerprint density at radius 1 is 1.08 bits per heavy atom. The Hall–Kier alpha value is -3.96. The van der Waals surface area contributed by atoms with Crippen molar-refractivity contribution in [3.05, 3.63) is 53.6 Å². The number of pyridine rings is 1. The number of esters is 1. The third-order valence-electron chi connectivity index (χ3n) is 5.20. The number of halogens is 3. The molecule has 1 N–H and O–H groups in total. The first-order valence-corrected chi connectivity index (χ1v) is 11.5. The van der Waals surface area contributed by atoms with Gasteiger partial charge in [0.2, 0.25) is 5.75 Å². The lowest BCUT2D eigenvalue weighted by Crippen LogP contribution is -2.31. The molecule has 1 atom stereocenters. The van der Waals surface area contributed by atoms with Gasteiger partial charge >= 0.3 is 12.1 Å². The number of hydrogen-bond donors (Lipinski definition) is 1. The maximum absolute atomic E-state index is 13.2. The van der Waals surface area contributed by atoms with E-state index in [9.17, 15) is 22.8 Å². The lowest BCUT2D eigenvalue weighted by molar-refractivity contribution is -0.138. The molecule has 3 aromatic rings. The average molecular weight is 521 g/mol. The van der Waals surface area contributed by atoms with Crippen LogP contribution in [0.25, 0.3) is 11.5 Å². The largest absolute Gasteiger partial charge is 0.493 e. The summed E-state index contributed by atoms with van der Waals surface area (Å²) in [6, 6.07) is 5.02. The Kier molecular flexibility index (Phi) is 8.51. The molecule has 37 heavy (non-hydrogen) atoms. The highest BCUT2D eigenvalue weighted by Gasteiger charge is 2.31. The molecule has 0 saturated heterocycles. The van der Waals surface area contributed by atoms with E-state index in [-0.39, 0.29) is 34.8 Å². The van der Waals surface area contributed by atoms with Crippen molar-refractivity contribution in [1.82, 2.24) is 20.4 Å².